The second kappa shape index (κ2) is 10.1. The largest absolute Gasteiger partial charge is 0.497 e. The van der Waals surface area contributed by atoms with Crippen molar-refractivity contribution in [3.63, 3.8) is 0 Å². The zero-order chi connectivity index (χ0) is 24.4. The van der Waals surface area contributed by atoms with E-state index in [-0.39, 0.29) is 17.1 Å². The molecule has 0 aliphatic carbocycles. The van der Waals surface area contributed by atoms with E-state index in [2.05, 4.69) is 4.90 Å². The lowest BCUT2D eigenvalue weighted by atomic mass is 9.98. The first-order valence-electron chi connectivity index (χ1n) is 12.1. The lowest BCUT2D eigenvalue weighted by Gasteiger charge is -2.29. The predicted octanol–water partition coefficient (Wildman–Crippen LogP) is 3.47. The number of hydrogen-bond acceptors (Lipinski definition) is 7. The fourth-order valence-electron chi connectivity index (χ4n) is 4.93. The van der Waals surface area contributed by atoms with E-state index in [1.807, 2.05) is 31.2 Å². The number of methoxy groups -OCH3 is 1. The molecular formula is C27H30N2O6. The Morgan fingerprint density at radius 1 is 1.03 bits per heavy atom. The molecule has 0 radical (unpaired) electrons. The summed E-state index contributed by atoms with van der Waals surface area (Å²) in [6.45, 7) is 6.98. The summed E-state index contributed by atoms with van der Waals surface area (Å²) in [7, 11) is 1.60. The molecule has 1 amide bonds. The van der Waals surface area contributed by atoms with Gasteiger partial charge in [-0.1, -0.05) is 12.1 Å². The zero-order valence-corrected chi connectivity index (χ0v) is 20.1. The van der Waals surface area contributed by atoms with E-state index in [1.165, 1.54) is 0 Å². The van der Waals surface area contributed by atoms with Crippen molar-refractivity contribution in [2.45, 2.75) is 19.4 Å². The number of ether oxygens (including phenoxy) is 3. The van der Waals surface area contributed by atoms with E-state index in [4.69, 9.17) is 18.6 Å². The SMILES string of the molecule is CCOc1ccc2c(=O)c3c(oc2c1)C(=O)N(CCCN1CCOCC1)C3c1cccc(OC)c1. The molecule has 0 bridgehead atoms. The van der Waals surface area contributed by atoms with Crippen LogP contribution >= 0.6 is 0 Å². The van der Waals surface area contributed by atoms with Gasteiger partial charge in [0.1, 0.15) is 17.1 Å². The van der Waals surface area contributed by atoms with Crippen molar-refractivity contribution < 1.29 is 23.4 Å². The smallest absolute Gasteiger partial charge is 0.290 e. The fraction of sp³-hybridized carbons (Fsp3) is 0.407. The molecule has 35 heavy (non-hydrogen) atoms. The molecule has 1 saturated heterocycles. The number of nitrogens with zero attached hydrogens (tertiary/aromatic N) is 2. The van der Waals surface area contributed by atoms with Crippen LogP contribution in [0.4, 0.5) is 0 Å². The van der Waals surface area contributed by atoms with E-state index >= 15 is 0 Å². The highest BCUT2D eigenvalue weighted by Gasteiger charge is 2.42. The molecule has 0 N–H and O–H groups in total. The number of benzene rings is 2. The summed E-state index contributed by atoms with van der Waals surface area (Å²) in [6, 6.07) is 12.1. The molecule has 8 heteroatoms. The third kappa shape index (κ3) is 4.51. The monoisotopic (exact) mass is 478 g/mol. The lowest BCUT2D eigenvalue weighted by Crippen LogP contribution is -2.38. The van der Waals surface area contributed by atoms with Gasteiger partial charge in [0.25, 0.3) is 5.91 Å². The van der Waals surface area contributed by atoms with Crippen molar-refractivity contribution in [3.8, 4) is 11.5 Å². The second-order valence-corrected chi connectivity index (χ2v) is 8.75. The molecule has 2 aliphatic rings. The van der Waals surface area contributed by atoms with Crippen molar-refractivity contribution in [1.82, 2.24) is 9.80 Å². The van der Waals surface area contributed by atoms with Gasteiger partial charge in [-0.25, -0.2) is 0 Å². The minimum Gasteiger partial charge on any atom is -0.497 e. The third-order valence-corrected chi connectivity index (χ3v) is 6.64. The molecule has 1 atom stereocenters. The molecule has 2 aromatic carbocycles. The molecule has 8 nitrogen and oxygen atoms in total. The van der Waals surface area contributed by atoms with E-state index < -0.39 is 6.04 Å². The minimum absolute atomic E-state index is 0.107. The van der Waals surface area contributed by atoms with Crippen LogP contribution in [0, 0.1) is 0 Å². The van der Waals surface area contributed by atoms with Crippen molar-refractivity contribution in [3.05, 3.63) is 69.6 Å². The van der Waals surface area contributed by atoms with Gasteiger partial charge in [0.05, 0.1) is 43.9 Å². The van der Waals surface area contributed by atoms with Gasteiger partial charge in [-0.15, -0.1) is 0 Å². The highest BCUT2D eigenvalue weighted by atomic mass is 16.5. The Morgan fingerprint density at radius 3 is 2.63 bits per heavy atom. The molecule has 1 unspecified atom stereocenters. The number of rotatable bonds is 8. The molecule has 0 saturated carbocycles. The third-order valence-electron chi connectivity index (χ3n) is 6.64. The minimum atomic E-state index is -0.537. The molecule has 3 aromatic rings. The summed E-state index contributed by atoms with van der Waals surface area (Å²) in [5.41, 5.74) is 1.36. The Hall–Kier alpha value is -3.36. The standard InChI is InChI=1S/C27H30N2O6/c1-3-34-20-8-9-21-22(17-20)35-26-23(25(21)30)24(18-6-4-7-19(16-18)32-2)29(27(26)31)11-5-10-28-12-14-33-15-13-28/h4,6-9,16-17,24H,3,5,10-15H2,1-2H3. The first kappa shape index (κ1) is 23.4. The van der Waals surface area contributed by atoms with Gasteiger partial charge in [-0.3, -0.25) is 14.5 Å². The average Bonchev–Trinajstić information content (AvgIpc) is 3.16. The summed E-state index contributed by atoms with van der Waals surface area (Å²) >= 11 is 0. The Bertz CT molecular complexity index is 1280. The number of hydrogen-bond donors (Lipinski definition) is 0. The number of carbonyl (C=O) groups excluding carboxylic acids is 1. The quantitative estimate of drug-likeness (QED) is 0.490. The summed E-state index contributed by atoms with van der Waals surface area (Å²) in [5.74, 6) is 1.11. The van der Waals surface area contributed by atoms with E-state index in [0.29, 0.717) is 41.2 Å². The molecule has 1 fully saturated rings. The van der Waals surface area contributed by atoms with E-state index in [0.717, 1.165) is 44.8 Å². The maximum absolute atomic E-state index is 13.7. The summed E-state index contributed by atoms with van der Waals surface area (Å²) in [5, 5.41) is 0.433. The Kier molecular flexibility index (Phi) is 6.74. The van der Waals surface area contributed by atoms with Gasteiger partial charge in [0.2, 0.25) is 5.76 Å². The van der Waals surface area contributed by atoms with E-state index in [9.17, 15) is 9.59 Å². The van der Waals surface area contributed by atoms with Gasteiger partial charge >= 0.3 is 0 Å². The average molecular weight is 479 g/mol. The maximum Gasteiger partial charge on any atom is 0.290 e. The second-order valence-electron chi connectivity index (χ2n) is 8.75. The molecule has 3 heterocycles. The predicted molar refractivity (Wildman–Crippen MR) is 131 cm³/mol. The number of morpholine rings is 1. The van der Waals surface area contributed by atoms with Gasteiger partial charge in [0.15, 0.2) is 5.43 Å². The van der Waals surface area contributed by atoms with Crippen LogP contribution in [0.2, 0.25) is 0 Å². The topological polar surface area (TPSA) is 81.5 Å². The van der Waals surface area contributed by atoms with Crippen molar-refractivity contribution >= 4 is 16.9 Å². The van der Waals surface area contributed by atoms with Gasteiger partial charge in [0, 0.05) is 32.2 Å². The first-order chi connectivity index (χ1) is 17.1. The molecule has 0 spiro atoms. The fourth-order valence-corrected chi connectivity index (χ4v) is 4.93. The Morgan fingerprint density at radius 2 is 1.86 bits per heavy atom. The number of amides is 1. The van der Waals surface area contributed by atoms with Gasteiger partial charge in [-0.05, 0) is 43.2 Å². The highest BCUT2D eigenvalue weighted by molar-refractivity contribution is 5.99. The van der Waals surface area contributed by atoms with Crippen LogP contribution in [0.5, 0.6) is 11.5 Å². The van der Waals surface area contributed by atoms with Crippen molar-refractivity contribution in [1.29, 1.82) is 0 Å². The highest BCUT2D eigenvalue weighted by Crippen LogP contribution is 2.39. The Labute approximate surface area is 204 Å². The number of fused-ring (bicyclic) bond motifs is 2. The van der Waals surface area contributed by atoms with Crippen LogP contribution in [0.1, 0.15) is 41.1 Å². The van der Waals surface area contributed by atoms with E-state index in [1.54, 1.807) is 30.2 Å². The van der Waals surface area contributed by atoms with Crippen LogP contribution in [0.15, 0.2) is 51.7 Å². The molecule has 2 aliphatic heterocycles. The van der Waals surface area contributed by atoms with Crippen LogP contribution in [-0.4, -0.2) is 68.8 Å². The molecule has 1 aromatic heterocycles. The normalized spacial score (nSPS) is 18.2. The first-order valence-corrected chi connectivity index (χ1v) is 12.1. The van der Waals surface area contributed by atoms with Gasteiger partial charge < -0.3 is 23.5 Å². The van der Waals surface area contributed by atoms with Crippen molar-refractivity contribution in [2.24, 2.45) is 0 Å². The van der Waals surface area contributed by atoms with Crippen LogP contribution in [0.3, 0.4) is 0 Å². The van der Waals surface area contributed by atoms with Crippen molar-refractivity contribution in [2.75, 3.05) is 53.1 Å². The van der Waals surface area contributed by atoms with Crippen LogP contribution in [-0.2, 0) is 4.74 Å². The van der Waals surface area contributed by atoms with Gasteiger partial charge in [-0.2, -0.15) is 0 Å². The Balaban J connectivity index is 1.54. The van der Waals surface area contributed by atoms with Crippen LogP contribution < -0.4 is 14.9 Å². The molecule has 5 rings (SSSR count). The number of carbonyl (C=O) groups is 1. The summed E-state index contributed by atoms with van der Waals surface area (Å²) < 4.78 is 22.5. The van der Waals surface area contributed by atoms with Crippen LogP contribution in [0.25, 0.3) is 11.0 Å². The summed E-state index contributed by atoms with van der Waals surface area (Å²) in [4.78, 5) is 31.4. The maximum atomic E-state index is 13.7. The molecule has 184 valence electrons. The molecular weight excluding hydrogens is 448 g/mol. The zero-order valence-electron chi connectivity index (χ0n) is 20.1. The lowest BCUT2D eigenvalue weighted by molar-refractivity contribution is 0.0353. The summed E-state index contributed by atoms with van der Waals surface area (Å²) in [6.07, 6.45) is 0.780.